The lowest BCUT2D eigenvalue weighted by Gasteiger charge is -2.24. The minimum absolute atomic E-state index is 0.269. The SMILES string of the molecule is Fc1cnc(Cl)nc1N(CC(F)(F)F)C1CC1. The van der Waals surface area contributed by atoms with E-state index in [2.05, 4.69) is 9.97 Å². The van der Waals surface area contributed by atoms with E-state index in [0.717, 1.165) is 11.1 Å². The molecule has 8 heteroatoms. The molecule has 0 N–H and O–H groups in total. The molecule has 0 aliphatic heterocycles. The molecular weight excluding hydrogens is 262 g/mol. The van der Waals surface area contributed by atoms with Crippen molar-refractivity contribution in [1.82, 2.24) is 9.97 Å². The molecule has 1 fully saturated rings. The van der Waals surface area contributed by atoms with Gasteiger partial charge in [0.25, 0.3) is 0 Å². The Kier molecular flexibility index (Phi) is 3.11. The Labute approximate surface area is 99.4 Å². The van der Waals surface area contributed by atoms with E-state index in [9.17, 15) is 17.6 Å². The lowest BCUT2D eigenvalue weighted by Crippen LogP contribution is -2.37. The predicted octanol–water partition coefficient (Wildman–Crippen LogP) is 2.80. The van der Waals surface area contributed by atoms with Crippen molar-refractivity contribution < 1.29 is 17.6 Å². The van der Waals surface area contributed by atoms with Gasteiger partial charge in [-0.15, -0.1) is 0 Å². The third kappa shape index (κ3) is 3.18. The molecular formula is C9H8ClF4N3. The maximum atomic E-state index is 13.4. The van der Waals surface area contributed by atoms with Crippen molar-refractivity contribution >= 4 is 17.4 Å². The van der Waals surface area contributed by atoms with Crippen LogP contribution < -0.4 is 4.90 Å². The van der Waals surface area contributed by atoms with Crippen LogP contribution in [0.4, 0.5) is 23.4 Å². The zero-order chi connectivity index (χ0) is 12.6. The van der Waals surface area contributed by atoms with Gasteiger partial charge in [-0.2, -0.15) is 18.2 Å². The highest BCUT2D eigenvalue weighted by Crippen LogP contribution is 2.34. The molecule has 1 aliphatic carbocycles. The van der Waals surface area contributed by atoms with E-state index in [0.29, 0.717) is 12.8 Å². The average Bonchev–Trinajstić information content (AvgIpc) is 3.00. The first-order chi connectivity index (χ1) is 7.87. The van der Waals surface area contributed by atoms with Gasteiger partial charge >= 0.3 is 6.18 Å². The van der Waals surface area contributed by atoms with Crippen molar-refractivity contribution in [3.05, 3.63) is 17.3 Å². The minimum Gasteiger partial charge on any atom is -0.342 e. The molecule has 1 aliphatic rings. The van der Waals surface area contributed by atoms with Crippen LogP contribution in [0.25, 0.3) is 0 Å². The van der Waals surface area contributed by atoms with Gasteiger partial charge in [0.1, 0.15) is 6.54 Å². The average molecular weight is 270 g/mol. The van der Waals surface area contributed by atoms with Crippen molar-refractivity contribution in [2.45, 2.75) is 25.1 Å². The maximum Gasteiger partial charge on any atom is 0.405 e. The predicted molar refractivity (Wildman–Crippen MR) is 53.4 cm³/mol. The van der Waals surface area contributed by atoms with Gasteiger partial charge in [-0.3, -0.25) is 0 Å². The van der Waals surface area contributed by atoms with E-state index in [-0.39, 0.29) is 17.1 Å². The summed E-state index contributed by atoms with van der Waals surface area (Å²) in [5, 5.41) is -0.269. The molecule has 0 saturated heterocycles. The molecule has 1 heterocycles. The van der Waals surface area contributed by atoms with Crippen molar-refractivity contribution in [2.75, 3.05) is 11.4 Å². The van der Waals surface area contributed by atoms with Gasteiger partial charge in [0.15, 0.2) is 11.6 Å². The van der Waals surface area contributed by atoms with Crippen LogP contribution in [-0.4, -0.2) is 28.7 Å². The Morgan fingerprint density at radius 2 is 2.06 bits per heavy atom. The van der Waals surface area contributed by atoms with Gasteiger partial charge < -0.3 is 4.90 Å². The number of hydrogen-bond acceptors (Lipinski definition) is 3. The van der Waals surface area contributed by atoms with E-state index in [1.54, 1.807) is 0 Å². The molecule has 3 nitrogen and oxygen atoms in total. The number of nitrogens with zero attached hydrogens (tertiary/aromatic N) is 3. The Hall–Kier alpha value is -1.11. The Morgan fingerprint density at radius 1 is 1.41 bits per heavy atom. The smallest absolute Gasteiger partial charge is 0.342 e. The monoisotopic (exact) mass is 269 g/mol. The normalized spacial score (nSPS) is 16.1. The second-order valence-corrected chi connectivity index (χ2v) is 4.12. The summed E-state index contributed by atoms with van der Waals surface area (Å²) < 4.78 is 50.5. The topological polar surface area (TPSA) is 29.0 Å². The van der Waals surface area contributed by atoms with E-state index >= 15 is 0 Å². The molecule has 1 saturated carbocycles. The van der Waals surface area contributed by atoms with E-state index in [4.69, 9.17) is 11.6 Å². The summed E-state index contributed by atoms with van der Waals surface area (Å²) in [5.74, 6) is -1.28. The Bertz CT molecular complexity index is 419. The van der Waals surface area contributed by atoms with Crippen molar-refractivity contribution in [3.63, 3.8) is 0 Å². The highest BCUT2D eigenvalue weighted by molar-refractivity contribution is 6.28. The van der Waals surface area contributed by atoms with Gasteiger partial charge in [-0.05, 0) is 24.4 Å². The number of halogens is 5. The molecule has 0 bridgehead atoms. The van der Waals surface area contributed by atoms with E-state index in [1.165, 1.54) is 0 Å². The third-order valence-electron chi connectivity index (χ3n) is 2.31. The molecule has 1 aromatic heterocycles. The molecule has 94 valence electrons. The summed E-state index contributed by atoms with van der Waals surface area (Å²) in [6, 6.07) is -0.322. The fraction of sp³-hybridized carbons (Fsp3) is 0.556. The number of hydrogen-bond donors (Lipinski definition) is 0. The lowest BCUT2D eigenvalue weighted by atomic mass is 10.4. The number of alkyl halides is 3. The molecule has 0 radical (unpaired) electrons. The van der Waals surface area contributed by atoms with Gasteiger partial charge in [0.05, 0.1) is 6.20 Å². The fourth-order valence-electron chi connectivity index (χ4n) is 1.50. The second-order valence-electron chi connectivity index (χ2n) is 3.78. The molecule has 1 aromatic rings. The number of anilines is 1. The van der Waals surface area contributed by atoms with Crippen LogP contribution in [-0.2, 0) is 0 Å². The zero-order valence-electron chi connectivity index (χ0n) is 8.51. The molecule has 0 aromatic carbocycles. The summed E-state index contributed by atoms with van der Waals surface area (Å²) in [5.41, 5.74) is 0. The first-order valence-electron chi connectivity index (χ1n) is 4.88. The molecule has 0 amide bonds. The van der Waals surface area contributed by atoms with Crippen molar-refractivity contribution in [1.29, 1.82) is 0 Å². The van der Waals surface area contributed by atoms with E-state index < -0.39 is 18.5 Å². The number of aromatic nitrogens is 2. The maximum absolute atomic E-state index is 13.4. The van der Waals surface area contributed by atoms with Crippen molar-refractivity contribution in [3.8, 4) is 0 Å². The van der Waals surface area contributed by atoms with E-state index in [1.807, 2.05) is 0 Å². The van der Waals surface area contributed by atoms with Gasteiger partial charge in [-0.25, -0.2) is 9.37 Å². The highest BCUT2D eigenvalue weighted by Gasteiger charge is 2.39. The van der Waals surface area contributed by atoms with Crippen LogP contribution >= 0.6 is 11.6 Å². The largest absolute Gasteiger partial charge is 0.405 e. The van der Waals surface area contributed by atoms with Crippen LogP contribution in [0.3, 0.4) is 0 Å². The lowest BCUT2D eigenvalue weighted by molar-refractivity contribution is -0.120. The third-order valence-corrected chi connectivity index (χ3v) is 2.49. The highest BCUT2D eigenvalue weighted by atomic mass is 35.5. The molecule has 0 spiro atoms. The summed E-state index contributed by atoms with van der Waals surface area (Å²) in [7, 11) is 0. The molecule has 0 unspecified atom stereocenters. The molecule has 0 atom stereocenters. The second kappa shape index (κ2) is 4.29. The van der Waals surface area contributed by atoms with Crippen LogP contribution in [0.5, 0.6) is 0 Å². The van der Waals surface area contributed by atoms with Crippen LogP contribution in [0.2, 0.25) is 5.28 Å². The summed E-state index contributed by atoms with van der Waals surface area (Å²) in [4.78, 5) is 7.78. The molecule has 17 heavy (non-hydrogen) atoms. The Balaban J connectivity index is 2.29. The zero-order valence-corrected chi connectivity index (χ0v) is 9.26. The first kappa shape index (κ1) is 12.3. The summed E-state index contributed by atoms with van der Waals surface area (Å²) >= 11 is 5.46. The minimum atomic E-state index is -4.41. The molecule has 2 rings (SSSR count). The van der Waals surface area contributed by atoms with Crippen LogP contribution in [0, 0.1) is 5.82 Å². The first-order valence-corrected chi connectivity index (χ1v) is 5.26. The van der Waals surface area contributed by atoms with Crippen LogP contribution in [0.15, 0.2) is 6.20 Å². The standard InChI is InChI=1S/C9H8ClF4N3/c10-8-15-3-6(11)7(16-8)17(5-1-2-5)4-9(12,13)14/h3,5H,1-2,4H2. The summed E-state index contributed by atoms with van der Waals surface area (Å²) in [6.45, 7) is -1.23. The Morgan fingerprint density at radius 3 is 2.59 bits per heavy atom. The quantitative estimate of drug-likeness (QED) is 0.624. The van der Waals surface area contributed by atoms with Gasteiger partial charge in [-0.1, -0.05) is 0 Å². The fourth-order valence-corrected chi connectivity index (χ4v) is 1.62. The van der Waals surface area contributed by atoms with Gasteiger partial charge in [0.2, 0.25) is 5.28 Å². The van der Waals surface area contributed by atoms with Crippen molar-refractivity contribution in [2.24, 2.45) is 0 Å². The summed E-state index contributed by atoms with van der Waals surface area (Å²) in [6.07, 6.45) is -2.45. The van der Waals surface area contributed by atoms with Gasteiger partial charge in [0, 0.05) is 6.04 Å². The van der Waals surface area contributed by atoms with Crippen LogP contribution in [0.1, 0.15) is 12.8 Å². The number of rotatable bonds is 3.